The van der Waals surface area contributed by atoms with Gasteiger partial charge in [0.1, 0.15) is 0 Å². The van der Waals surface area contributed by atoms with Crippen LogP contribution < -0.4 is 10.0 Å². The molecule has 0 heterocycles. The maximum atomic E-state index is 12.6. The minimum absolute atomic E-state index is 0.0214. The summed E-state index contributed by atoms with van der Waals surface area (Å²) in [5, 5.41) is 11.5. The SMILES string of the molecule is N#Cc1ccc(NC(=O)c2ccc(S(=O)(=O)NC3CCCCCC3)cc2)cc1. The fourth-order valence-corrected chi connectivity index (χ4v) is 4.61. The smallest absolute Gasteiger partial charge is 0.255 e. The number of amides is 1. The molecule has 0 spiro atoms. The molecule has 0 saturated heterocycles. The Morgan fingerprint density at radius 3 is 2.11 bits per heavy atom. The molecule has 1 fully saturated rings. The van der Waals surface area contributed by atoms with Gasteiger partial charge in [-0.2, -0.15) is 5.26 Å². The van der Waals surface area contributed by atoms with Crippen molar-refractivity contribution in [2.24, 2.45) is 0 Å². The van der Waals surface area contributed by atoms with Crippen molar-refractivity contribution in [2.75, 3.05) is 5.32 Å². The predicted octanol–water partition coefficient (Wildman–Crippen LogP) is 3.81. The summed E-state index contributed by atoms with van der Waals surface area (Å²) in [7, 11) is -3.60. The minimum Gasteiger partial charge on any atom is -0.322 e. The molecule has 0 unspecified atom stereocenters. The lowest BCUT2D eigenvalue weighted by atomic mass is 10.1. The molecule has 28 heavy (non-hydrogen) atoms. The molecule has 2 aromatic carbocycles. The van der Waals surface area contributed by atoms with E-state index in [1.54, 1.807) is 24.3 Å². The minimum atomic E-state index is -3.60. The Bertz CT molecular complexity index is 953. The van der Waals surface area contributed by atoms with Crippen molar-refractivity contribution in [1.29, 1.82) is 5.26 Å². The lowest BCUT2D eigenvalue weighted by Gasteiger charge is -2.16. The molecular weight excluding hydrogens is 374 g/mol. The van der Waals surface area contributed by atoms with E-state index < -0.39 is 10.0 Å². The summed E-state index contributed by atoms with van der Waals surface area (Å²) in [6.07, 6.45) is 6.13. The largest absolute Gasteiger partial charge is 0.322 e. The molecule has 6 nitrogen and oxygen atoms in total. The van der Waals surface area contributed by atoms with E-state index >= 15 is 0 Å². The average Bonchev–Trinajstić information content (AvgIpc) is 2.97. The number of hydrogen-bond donors (Lipinski definition) is 2. The van der Waals surface area contributed by atoms with E-state index in [1.807, 2.05) is 6.07 Å². The van der Waals surface area contributed by atoms with Gasteiger partial charge in [0, 0.05) is 17.3 Å². The maximum Gasteiger partial charge on any atom is 0.255 e. The van der Waals surface area contributed by atoms with E-state index in [1.165, 1.54) is 24.3 Å². The topological polar surface area (TPSA) is 99.1 Å². The van der Waals surface area contributed by atoms with Gasteiger partial charge in [0.15, 0.2) is 0 Å². The number of carbonyl (C=O) groups excluding carboxylic acids is 1. The number of sulfonamides is 1. The van der Waals surface area contributed by atoms with Crippen LogP contribution in [0.1, 0.15) is 54.4 Å². The number of rotatable bonds is 5. The van der Waals surface area contributed by atoms with Gasteiger partial charge in [-0.15, -0.1) is 0 Å². The second kappa shape index (κ2) is 9.00. The Hall–Kier alpha value is -2.69. The third-order valence-corrected chi connectivity index (χ3v) is 6.41. The van der Waals surface area contributed by atoms with Gasteiger partial charge in [-0.1, -0.05) is 25.7 Å². The molecule has 1 aliphatic carbocycles. The molecule has 7 heteroatoms. The van der Waals surface area contributed by atoms with Gasteiger partial charge in [0.2, 0.25) is 10.0 Å². The second-order valence-corrected chi connectivity index (χ2v) is 8.69. The lowest BCUT2D eigenvalue weighted by molar-refractivity contribution is 0.102. The normalized spacial score (nSPS) is 15.4. The molecule has 0 aromatic heterocycles. The van der Waals surface area contributed by atoms with Crippen LogP contribution in [0.4, 0.5) is 5.69 Å². The maximum absolute atomic E-state index is 12.6. The lowest BCUT2D eigenvalue weighted by Crippen LogP contribution is -2.34. The first-order valence-electron chi connectivity index (χ1n) is 9.42. The monoisotopic (exact) mass is 397 g/mol. The van der Waals surface area contributed by atoms with Gasteiger partial charge in [-0.3, -0.25) is 4.79 Å². The zero-order chi connectivity index (χ0) is 20.0. The Balaban J connectivity index is 1.66. The van der Waals surface area contributed by atoms with Crippen molar-refractivity contribution in [2.45, 2.75) is 49.5 Å². The fraction of sp³-hybridized carbons (Fsp3) is 0.333. The molecule has 1 saturated carbocycles. The van der Waals surface area contributed by atoms with Crippen LogP contribution in [0.2, 0.25) is 0 Å². The van der Waals surface area contributed by atoms with E-state index in [2.05, 4.69) is 10.0 Å². The van der Waals surface area contributed by atoms with E-state index in [4.69, 9.17) is 5.26 Å². The van der Waals surface area contributed by atoms with Crippen LogP contribution >= 0.6 is 0 Å². The third-order valence-electron chi connectivity index (χ3n) is 4.88. The number of hydrogen-bond acceptors (Lipinski definition) is 4. The molecule has 3 rings (SSSR count). The van der Waals surface area contributed by atoms with Crippen molar-refractivity contribution >= 4 is 21.6 Å². The van der Waals surface area contributed by atoms with Crippen LogP contribution in [-0.4, -0.2) is 20.4 Å². The van der Waals surface area contributed by atoms with Crippen LogP contribution in [0, 0.1) is 11.3 Å². The van der Waals surface area contributed by atoms with Gasteiger partial charge < -0.3 is 5.32 Å². The average molecular weight is 398 g/mol. The number of nitriles is 1. The standard InChI is InChI=1S/C21H23N3O3S/c22-15-16-7-11-18(12-8-16)23-21(25)17-9-13-20(14-10-17)28(26,27)24-19-5-3-1-2-4-6-19/h7-14,19,24H,1-6H2,(H,23,25). The van der Waals surface area contributed by atoms with Gasteiger partial charge >= 0.3 is 0 Å². The first-order chi connectivity index (χ1) is 13.5. The number of nitrogens with zero attached hydrogens (tertiary/aromatic N) is 1. The van der Waals surface area contributed by atoms with Crippen molar-refractivity contribution < 1.29 is 13.2 Å². The second-order valence-electron chi connectivity index (χ2n) is 6.98. The van der Waals surface area contributed by atoms with Gasteiger partial charge in [-0.05, 0) is 61.4 Å². The summed E-state index contributed by atoms with van der Waals surface area (Å²) in [6, 6.07) is 14.4. The van der Waals surface area contributed by atoms with Crippen LogP contribution in [0.3, 0.4) is 0 Å². The Morgan fingerprint density at radius 1 is 0.929 bits per heavy atom. The molecule has 2 N–H and O–H groups in total. The summed E-state index contributed by atoms with van der Waals surface area (Å²) in [6.45, 7) is 0. The molecular formula is C21H23N3O3S. The highest BCUT2D eigenvalue weighted by Crippen LogP contribution is 2.20. The zero-order valence-electron chi connectivity index (χ0n) is 15.5. The first-order valence-corrected chi connectivity index (χ1v) is 10.9. The van der Waals surface area contributed by atoms with E-state index in [0.717, 1.165) is 38.5 Å². The Kier molecular flexibility index (Phi) is 6.45. The van der Waals surface area contributed by atoms with Gasteiger partial charge in [0.05, 0.1) is 16.5 Å². The van der Waals surface area contributed by atoms with Crippen LogP contribution in [0.15, 0.2) is 53.4 Å². The van der Waals surface area contributed by atoms with Crippen molar-refractivity contribution in [3.05, 3.63) is 59.7 Å². The number of anilines is 1. The molecule has 0 bridgehead atoms. The van der Waals surface area contributed by atoms with E-state index in [9.17, 15) is 13.2 Å². The molecule has 0 atom stereocenters. The van der Waals surface area contributed by atoms with Crippen molar-refractivity contribution in [3.63, 3.8) is 0 Å². The zero-order valence-corrected chi connectivity index (χ0v) is 16.3. The Morgan fingerprint density at radius 2 is 1.54 bits per heavy atom. The van der Waals surface area contributed by atoms with Crippen molar-refractivity contribution in [1.82, 2.24) is 4.72 Å². The number of benzene rings is 2. The fourth-order valence-electron chi connectivity index (χ4n) is 3.30. The van der Waals surface area contributed by atoms with Gasteiger partial charge in [-0.25, -0.2) is 13.1 Å². The molecule has 0 aliphatic heterocycles. The molecule has 0 radical (unpaired) electrons. The molecule has 1 amide bonds. The highest BCUT2D eigenvalue weighted by molar-refractivity contribution is 7.89. The first kappa shape index (κ1) is 20.1. The van der Waals surface area contributed by atoms with Crippen LogP contribution in [-0.2, 0) is 10.0 Å². The van der Waals surface area contributed by atoms with E-state index in [0.29, 0.717) is 16.8 Å². The third kappa shape index (κ3) is 5.18. The number of carbonyl (C=O) groups is 1. The predicted molar refractivity (Wildman–Crippen MR) is 107 cm³/mol. The highest BCUT2D eigenvalue weighted by atomic mass is 32.2. The van der Waals surface area contributed by atoms with Crippen LogP contribution in [0.5, 0.6) is 0 Å². The summed E-state index contributed by atoms with van der Waals surface area (Å²) in [5.41, 5.74) is 1.43. The number of nitrogens with one attached hydrogen (secondary N) is 2. The molecule has 2 aromatic rings. The van der Waals surface area contributed by atoms with Crippen LogP contribution in [0.25, 0.3) is 0 Å². The summed E-state index contributed by atoms with van der Waals surface area (Å²) in [4.78, 5) is 12.5. The Labute approximate surface area is 165 Å². The molecule has 146 valence electrons. The summed E-state index contributed by atoms with van der Waals surface area (Å²) < 4.78 is 28.0. The summed E-state index contributed by atoms with van der Waals surface area (Å²) in [5.74, 6) is -0.342. The molecule has 1 aliphatic rings. The highest BCUT2D eigenvalue weighted by Gasteiger charge is 2.21. The quantitative estimate of drug-likeness (QED) is 0.749. The van der Waals surface area contributed by atoms with E-state index in [-0.39, 0.29) is 16.8 Å². The van der Waals surface area contributed by atoms with Crippen molar-refractivity contribution in [3.8, 4) is 6.07 Å². The van der Waals surface area contributed by atoms with Gasteiger partial charge in [0.25, 0.3) is 5.91 Å². The summed E-state index contributed by atoms with van der Waals surface area (Å²) >= 11 is 0.